The fourth-order valence-corrected chi connectivity index (χ4v) is 3.89. The van der Waals surface area contributed by atoms with Crippen LogP contribution in [0, 0.1) is 11.3 Å². The number of nitriles is 1. The number of nitrogens with zero attached hydrogens (tertiary/aromatic N) is 4. The third kappa shape index (κ3) is 3.00. The molecule has 6 nitrogen and oxygen atoms in total. The van der Waals surface area contributed by atoms with Gasteiger partial charge in [-0.2, -0.15) is 5.26 Å². The summed E-state index contributed by atoms with van der Waals surface area (Å²) in [5, 5.41) is 10.6. The molecule has 1 atom stereocenters. The predicted molar refractivity (Wildman–Crippen MR) is 103 cm³/mol. The number of benzene rings is 1. The topological polar surface area (TPSA) is 94.6 Å². The molecule has 1 aliphatic rings. The van der Waals surface area contributed by atoms with Gasteiger partial charge in [0.05, 0.1) is 17.0 Å². The lowest BCUT2D eigenvalue weighted by atomic mass is 10.0. The van der Waals surface area contributed by atoms with E-state index in [0.29, 0.717) is 16.4 Å². The highest BCUT2D eigenvalue weighted by molar-refractivity contribution is 6.35. The molecule has 132 valence electrons. The normalized spacial score (nSPS) is 17.9. The van der Waals surface area contributed by atoms with Crippen molar-refractivity contribution >= 4 is 28.5 Å². The van der Waals surface area contributed by atoms with Gasteiger partial charge in [0.1, 0.15) is 22.9 Å². The molecule has 0 saturated carbocycles. The number of nitrogens with one attached hydrogen (secondary N) is 1. The van der Waals surface area contributed by atoms with Crippen molar-refractivity contribution < 1.29 is 0 Å². The second-order valence-electron chi connectivity index (χ2n) is 6.63. The average molecular weight is 367 g/mol. The fourth-order valence-electron chi connectivity index (χ4n) is 3.60. The molecule has 3 N–H and O–H groups in total. The quantitative estimate of drug-likeness (QED) is 0.724. The molecule has 0 bridgehead atoms. The van der Waals surface area contributed by atoms with Crippen LogP contribution in [-0.2, 0) is 0 Å². The van der Waals surface area contributed by atoms with Crippen molar-refractivity contribution in [2.24, 2.45) is 5.73 Å². The Bertz CT molecular complexity index is 989. The van der Waals surface area contributed by atoms with E-state index in [1.807, 2.05) is 18.2 Å². The zero-order valence-corrected chi connectivity index (χ0v) is 15.0. The van der Waals surface area contributed by atoms with Gasteiger partial charge in [0, 0.05) is 24.7 Å². The van der Waals surface area contributed by atoms with Gasteiger partial charge in [-0.15, -0.1) is 0 Å². The van der Waals surface area contributed by atoms with Gasteiger partial charge in [-0.25, -0.2) is 9.97 Å². The van der Waals surface area contributed by atoms with Crippen LogP contribution in [0.3, 0.4) is 0 Å². The Labute approximate surface area is 156 Å². The zero-order chi connectivity index (χ0) is 18.1. The van der Waals surface area contributed by atoms with Gasteiger partial charge in [-0.1, -0.05) is 30.2 Å². The summed E-state index contributed by atoms with van der Waals surface area (Å²) in [6.45, 7) is 1.66. The van der Waals surface area contributed by atoms with Crippen molar-refractivity contribution in [1.82, 2.24) is 15.0 Å². The minimum Gasteiger partial charge on any atom is -0.354 e. The van der Waals surface area contributed by atoms with Gasteiger partial charge in [0.15, 0.2) is 0 Å². The molecule has 1 fully saturated rings. The third-order valence-electron chi connectivity index (χ3n) is 4.81. The number of anilines is 1. The Morgan fingerprint density at radius 2 is 2.19 bits per heavy atom. The summed E-state index contributed by atoms with van der Waals surface area (Å²) in [5.41, 5.74) is 9.22. The minimum atomic E-state index is 0.127. The second-order valence-corrected chi connectivity index (χ2v) is 7.01. The van der Waals surface area contributed by atoms with E-state index in [2.05, 4.69) is 25.9 Å². The average Bonchev–Trinajstić information content (AvgIpc) is 2.84. The lowest BCUT2D eigenvalue weighted by molar-refractivity contribution is 0.620. The van der Waals surface area contributed by atoms with Gasteiger partial charge in [-0.3, -0.25) is 0 Å². The molecular formula is C19H19ClN6. The second kappa shape index (κ2) is 6.94. The SMILES string of the molecule is N#Cc1cccc(-c2c(Cl)[nH]c3ncnc(N4CCCC[C@@H](N)C4)c23)c1. The summed E-state index contributed by atoms with van der Waals surface area (Å²) >= 11 is 6.52. The Morgan fingerprint density at radius 1 is 1.31 bits per heavy atom. The van der Waals surface area contributed by atoms with Gasteiger partial charge >= 0.3 is 0 Å². The summed E-state index contributed by atoms with van der Waals surface area (Å²) in [7, 11) is 0. The maximum atomic E-state index is 9.22. The molecule has 0 amide bonds. The first-order valence-corrected chi connectivity index (χ1v) is 9.08. The number of hydrogen-bond acceptors (Lipinski definition) is 5. The smallest absolute Gasteiger partial charge is 0.144 e. The molecule has 2 aromatic heterocycles. The van der Waals surface area contributed by atoms with E-state index in [1.165, 1.54) is 0 Å². The number of aromatic nitrogens is 3. The number of H-pyrrole nitrogens is 1. The predicted octanol–water partition coefficient (Wildman–Crippen LogP) is 3.47. The number of aromatic amines is 1. The molecule has 0 unspecified atom stereocenters. The molecule has 1 aliphatic heterocycles. The molecule has 26 heavy (non-hydrogen) atoms. The number of fused-ring (bicyclic) bond motifs is 1. The molecular weight excluding hydrogens is 348 g/mol. The lowest BCUT2D eigenvalue weighted by Crippen LogP contribution is -2.36. The Hall–Kier alpha value is -2.62. The highest BCUT2D eigenvalue weighted by Crippen LogP contribution is 2.39. The summed E-state index contributed by atoms with van der Waals surface area (Å²) < 4.78 is 0. The number of halogens is 1. The Kier molecular flexibility index (Phi) is 4.49. The molecule has 0 radical (unpaired) electrons. The van der Waals surface area contributed by atoms with Crippen molar-refractivity contribution in [2.45, 2.75) is 25.3 Å². The molecule has 0 spiro atoms. The lowest BCUT2D eigenvalue weighted by Gasteiger charge is -2.24. The zero-order valence-electron chi connectivity index (χ0n) is 14.2. The van der Waals surface area contributed by atoms with E-state index in [0.717, 1.165) is 54.7 Å². The standard InChI is InChI=1S/C19H19ClN6/c20-17-15(13-5-3-4-12(8-13)9-21)16-18(25-17)23-11-24-19(16)26-7-2-1-6-14(22)10-26/h3-5,8,11,14H,1-2,6-7,10,22H2,(H,23,24,25)/t14-/m1/s1. The van der Waals surface area contributed by atoms with E-state index >= 15 is 0 Å². The van der Waals surface area contributed by atoms with Crippen LogP contribution in [-0.4, -0.2) is 34.1 Å². The van der Waals surface area contributed by atoms with E-state index in [4.69, 9.17) is 17.3 Å². The first-order chi connectivity index (χ1) is 12.7. The highest BCUT2D eigenvalue weighted by Gasteiger charge is 2.23. The van der Waals surface area contributed by atoms with E-state index in [9.17, 15) is 5.26 Å². The maximum Gasteiger partial charge on any atom is 0.144 e. The maximum absolute atomic E-state index is 9.22. The molecule has 0 aliphatic carbocycles. The number of nitrogens with two attached hydrogens (primary N) is 1. The molecule has 3 aromatic rings. The molecule has 1 saturated heterocycles. The molecule has 3 heterocycles. The van der Waals surface area contributed by atoms with Gasteiger partial charge < -0.3 is 15.6 Å². The van der Waals surface area contributed by atoms with Crippen LogP contribution in [0.15, 0.2) is 30.6 Å². The van der Waals surface area contributed by atoms with Crippen molar-refractivity contribution in [3.8, 4) is 17.2 Å². The van der Waals surface area contributed by atoms with Gasteiger partial charge in [-0.05, 0) is 30.5 Å². The van der Waals surface area contributed by atoms with Crippen LogP contribution >= 0.6 is 11.6 Å². The largest absolute Gasteiger partial charge is 0.354 e. The fraction of sp³-hybridized carbons (Fsp3) is 0.316. The minimum absolute atomic E-state index is 0.127. The molecule has 4 rings (SSSR count). The van der Waals surface area contributed by atoms with E-state index < -0.39 is 0 Å². The molecule has 7 heteroatoms. The number of hydrogen-bond donors (Lipinski definition) is 2. The van der Waals surface area contributed by atoms with E-state index in [-0.39, 0.29) is 6.04 Å². The van der Waals surface area contributed by atoms with Gasteiger partial charge in [0.2, 0.25) is 0 Å². The van der Waals surface area contributed by atoms with Crippen LogP contribution in [0.5, 0.6) is 0 Å². The summed E-state index contributed by atoms with van der Waals surface area (Å²) in [6, 6.07) is 9.71. The van der Waals surface area contributed by atoms with Crippen LogP contribution in [0.2, 0.25) is 5.15 Å². The number of rotatable bonds is 2. The summed E-state index contributed by atoms with van der Waals surface area (Å²) in [4.78, 5) is 14.3. The summed E-state index contributed by atoms with van der Waals surface area (Å²) in [6.07, 6.45) is 4.78. The Morgan fingerprint density at radius 3 is 3.04 bits per heavy atom. The Balaban J connectivity index is 1.91. The first kappa shape index (κ1) is 16.8. The van der Waals surface area contributed by atoms with E-state index in [1.54, 1.807) is 12.4 Å². The molecule has 1 aromatic carbocycles. The van der Waals surface area contributed by atoms with Crippen molar-refractivity contribution in [3.63, 3.8) is 0 Å². The monoisotopic (exact) mass is 366 g/mol. The van der Waals surface area contributed by atoms with Gasteiger partial charge in [0.25, 0.3) is 0 Å². The van der Waals surface area contributed by atoms with Crippen LogP contribution in [0.4, 0.5) is 5.82 Å². The van der Waals surface area contributed by atoms with Crippen LogP contribution in [0.1, 0.15) is 24.8 Å². The summed E-state index contributed by atoms with van der Waals surface area (Å²) in [5.74, 6) is 0.841. The van der Waals surface area contributed by atoms with Crippen LogP contribution in [0.25, 0.3) is 22.2 Å². The van der Waals surface area contributed by atoms with Crippen LogP contribution < -0.4 is 10.6 Å². The highest BCUT2D eigenvalue weighted by atomic mass is 35.5. The third-order valence-corrected chi connectivity index (χ3v) is 5.10. The first-order valence-electron chi connectivity index (χ1n) is 8.70. The van der Waals surface area contributed by atoms with Crippen molar-refractivity contribution in [3.05, 3.63) is 41.3 Å². The van der Waals surface area contributed by atoms with Crippen molar-refractivity contribution in [1.29, 1.82) is 5.26 Å². The van der Waals surface area contributed by atoms with Crippen molar-refractivity contribution in [2.75, 3.05) is 18.0 Å².